The minimum absolute atomic E-state index is 0.117. The van der Waals surface area contributed by atoms with Gasteiger partial charge in [0.1, 0.15) is 11.4 Å². The number of hydrogen-bond acceptors (Lipinski definition) is 6. The first kappa shape index (κ1) is 18.1. The molecule has 0 aliphatic heterocycles. The Balaban J connectivity index is 2.87. The second-order valence-corrected chi connectivity index (χ2v) is 4.41. The Bertz CT molecular complexity index is 485. The van der Waals surface area contributed by atoms with Crippen LogP contribution in [0.5, 0.6) is 0 Å². The van der Waals surface area contributed by atoms with E-state index in [1.54, 1.807) is 38.2 Å². The van der Waals surface area contributed by atoms with Gasteiger partial charge >= 0.3 is 5.97 Å². The van der Waals surface area contributed by atoms with Gasteiger partial charge in [0, 0.05) is 27.3 Å². The van der Waals surface area contributed by atoms with E-state index in [2.05, 4.69) is 4.98 Å². The van der Waals surface area contributed by atoms with Gasteiger partial charge in [-0.05, 0) is 19.1 Å². The number of carbonyl (C=O) groups is 2. The maximum Gasteiger partial charge on any atom is 0.356 e. The molecule has 0 aliphatic carbocycles. The van der Waals surface area contributed by atoms with E-state index in [0.717, 1.165) is 0 Å². The molecule has 0 aliphatic rings. The Morgan fingerprint density at radius 3 is 2.23 bits per heavy atom. The van der Waals surface area contributed by atoms with Crippen molar-refractivity contribution in [2.24, 2.45) is 0 Å². The van der Waals surface area contributed by atoms with Crippen molar-refractivity contribution in [3.8, 4) is 0 Å². The molecule has 7 heteroatoms. The van der Waals surface area contributed by atoms with Crippen LogP contribution in [0.2, 0.25) is 0 Å². The predicted molar refractivity (Wildman–Crippen MR) is 79.8 cm³/mol. The van der Waals surface area contributed by atoms with Crippen LogP contribution in [0.1, 0.15) is 27.9 Å². The third-order valence-electron chi connectivity index (χ3n) is 2.87. The molecule has 1 rings (SSSR count). The number of ether oxygens (including phenoxy) is 3. The summed E-state index contributed by atoms with van der Waals surface area (Å²) in [4.78, 5) is 29.8. The first-order chi connectivity index (χ1) is 10.6. The highest BCUT2D eigenvalue weighted by Crippen LogP contribution is 2.06. The van der Waals surface area contributed by atoms with Gasteiger partial charge in [-0.25, -0.2) is 9.78 Å². The average molecular weight is 310 g/mol. The van der Waals surface area contributed by atoms with Crippen molar-refractivity contribution in [1.29, 1.82) is 0 Å². The minimum atomic E-state index is -0.544. The monoisotopic (exact) mass is 310 g/mol. The zero-order valence-corrected chi connectivity index (χ0v) is 13.2. The SMILES string of the molecule is CCOC(=O)c1cccc(C(=O)N(CCOC)CCOC)n1. The standard InChI is InChI=1S/C15H22N2O5/c1-4-22-15(19)13-7-5-6-12(16-13)14(18)17(8-10-20-2)9-11-21-3/h5-7H,4,8-11H2,1-3H3. The van der Waals surface area contributed by atoms with Gasteiger partial charge in [-0.15, -0.1) is 0 Å². The molecule has 1 aromatic heterocycles. The summed E-state index contributed by atoms with van der Waals surface area (Å²) in [6.07, 6.45) is 0. The van der Waals surface area contributed by atoms with Crippen LogP contribution in [-0.4, -0.2) is 68.9 Å². The molecule has 0 aromatic carbocycles. The number of hydrogen-bond donors (Lipinski definition) is 0. The summed E-state index contributed by atoms with van der Waals surface area (Å²) in [6.45, 7) is 3.63. The number of amides is 1. The molecular weight excluding hydrogens is 288 g/mol. The summed E-state index contributed by atoms with van der Waals surface area (Å²) in [6, 6.07) is 4.69. The van der Waals surface area contributed by atoms with Gasteiger partial charge in [0.05, 0.1) is 19.8 Å². The van der Waals surface area contributed by atoms with Crippen LogP contribution < -0.4 is 0 Å². The number of carbonyl (C=O) groups excluding carboxylic acids is 2. The molecule has 0 bridgehead atoms. The number of aromatic nitrogens is 1. The van der Waals surface area contributed by atoms with E-state index in [-0.39, 0.29) is 23.9 Å². The van der Waals surface area contributed by atoms with E-state index in [0.29, 0.717) is 26.3 Å². The Hall–Kier alpha value is -1.99. The van der Waals surface area contributed by atoms with Crippen molar-refractivity contribution in [3.05, 3.63) is 29.6 Å². The lowest BCUT2D eigenvalue weighted by Gasteiger charge is -2.21. The summed E-state index contributed by atoms with van der Waals surface area (Å²) < 4.78 is 14.9. The molecule has 0 saturated heterocycles. The van der Waals surface area contributed by atoms with Crippen LogP contribution in [0.4, 0.5) is 0 Å². The van der Waals surface area contributed by atoms with Gasteiger partial charge in [-0.2, -0.15) is 0 Å². The molecule has 0 atom stereocenters. The topological polar surface area (TPSA) is 78.0 Å². The summed E-state index contributed by atoms with van der Waals surface area (Å²) in [7, 11) is 3.14. The fourth-order valence-electron chi connectivity index (χ4n) is 1.75. The molecule has 0 N–H and O–H groups in total. The summed E-state index contributed by atoms with van der Waals surface area (Å²) in [5.41, 5.74) is 0.309. The Morgan fingerprint density at radius 2 is 1.68 bits per heavy atom. The van der Waals surface area contributed by atoms with E-state index in [4.69, 9.17) is 14.2 Å². The van der Waals surface area contributed by atoms with Crippen molar-refractivity contribution in [3.63, 3.8) is 0 Å². The Morgan fingerprint density at radius 1 is 1.09 bits per heavy atom. The minimum Gasteiger partial charge on any atom is -0.461 e. The van der Waals surface area contributed by atoms with Crippen LogP contribution in [-0.2, 0) is 14.2 Å². The van der Waals surface area contributed by atoms with E-state index in [9.17, 15) is 9.59 Å². The van der Waals surface area contributed by atoms with E-state index in [1.165, 1.54) is 6.07 Å². The molecule has 1 heterocycles. The van der Waals surface area contributed by atoms with Crippen molar-refractivity contribution < 1.29 is 23.8 Å². The van der Waals surface area contributed by atoms with Crippen molar-refractivity contribution >= 4 is 11.9 Å². The Kier molecular flexibility index (Phi) is 8.09. The van der Waals surface area contributed by atoms with Gasteiger partial charge in [-0.1, -0.05) is 6.07 Å². The van der Waals surface area contributed by atoms with E-state index >= 15 is 0 Å². The van der Waals surface area contributed by atoms with Crippen LogP contribution in [0, 0.1) is 0 Å². The normalized spacial score (nSPS) is 10.3. The fourth-order valence-corrected chi connectivity index (χ4v) is 1.75. The quantitative estimate of drug-likeness (QED) is 0.633. The molecule has 0 saturated carbocycles. The third kappa shape index (κ3) is 5.42. The molecule has 1 amide bonds. The van der Waals surface area contributed by atoms with Crippen molar-refractivity contribution in [2.75, 3.05) is 47.1 Å². The molecule has 7 nitrogen and oxygen atoms in total. The molecule has 0 radical (unpaired) electrons. The number of methoxy groups -OCH3 is 2. The van der Waals surface area contributed by atoms with E-state index in [1.807, 2.05) is 0 Å². The van der Waals surface area contributed by atoms with E-state index < -0.39 is 5.97 Å². The van der Waals surface area contributed by atoms with Crippen LogP contribution in [0.3, 0.4) is 0 Å². The summed E-state index contributed by atoms with van der Waals surface area (Å²) >= 11 is 0. The van der Waals surface area contributed by atoms with Crippen LogP contribution in [0.25, 0.3) is 0 Å². The largest absolute Gasteiger partial charge is 0.461 e. The molecule has 0 spiro atoms. The van der Waals surface area contributed by atoms with Crippen molar-refractivity contribution in [2.45, 2.75) is 6.92 Å². The molecule has 122 valence electrons. The van der Waals surface area contributed by atoms with Crippen LogP contribution in [0.15, 0.2) is 18.2 Å². The van der Waals surface area contributed by atoms with Gasteiger partial charge < -0.3 is 19.1 Å². The average Bonchev–Trinajstić information content (AvgIpc) is 2.55. The third-order valence-corrected chi connectivity index (χ3v) is 2.87. The first-order valence-corrected chi connectivity index (χ1v) is 7.05. The highest BCUT2D eigenvalue weighted by molar-refractivity contribution is 5.94. The molecule has 1 aromatic rings. The smallest absolute Gasteiger partial charge is 0.356 e. The highest BCUT2D eigenvalue weighted by atomic mass is 16.5. The number of pyridine rings is 1. The van der Waals surface area contributed by atoms with Gasteiger partial charge in [-0.3, -0.25) is 4.79 Å². The molecule has 0 unspecified atom stereocenters. The number of nitrogens with zero attached hydrogens (tertiary/aromatic N) is 2. The maximum absolute atomic E-state index is 12.5. The molecule has 0 fully saturated rings. The number of rotatable bonds is 9. The lowest BCUT2D eigenvalue weighted by molar-refractivity contribution is 0.0518. The first-order valence-electron chi connectivity index (χ1n) is 7.05. The lowest BCUT2D eigenvalue weighted by atomic mass is 10.2. The fraction of sp³-hybridized carbons (Fsp3) is 0.533. The second-order valence-electron chi connectivity index (χ2n) is 4.41. The van der Waals surface area contributed by atoms with Crippen molar-refractivity contribution in [1.82, 2.24) is 9.88 Å². The highest BCUT2D eigenvalue weighted by Gasteiger charge is 2.18. The maximum atomic E-state index is 12.5. The zero-order valence-electron chi connectivity index (χ0n) is 13.2. The van der Waals surface area contributed by atoms with Gasteiger partial charge in [0.15, 0.2) is 0 Å². The van der Waals surface area contributed by atoms with Gasteiger partial charge in [0.2, 0.25) is 0 Å². The predicted octanol–water partition coefficient (Wildman–Crippen LogP) is 0.993. The summed E-state index contributed by atoms with van der Waals surface area (Å²) in [5.74, 6) is -0.822. The second kappa shape index (κ2) is 9.86. The number of esters is 1. The lowest BCUT2D eigenvalue weighted by Crippen LogP contribution is -2.37. The van der Waals surface area contributed by atoms with Crippen LogP contribution >= 0.6 is 0 Å². The summed E-state index contributed by atoms with van der Waals surface area (Å²) in [5, 5.41) is 0. The van der Waals surface area contributed by atoms with Gasteiger partial charge in [0.25, 0.3) is 5.91 Å². The Labute approximate surface area is 130 Å². The molecule has 22 heavy (non-hydrogen) atoms. The molecular formula is C15H22N2O5. The zero-order chi connectivity index (χ0) is 16.4.